The summed E-state index contributed by atoms with van der Waals surface area (Å²) in [6.07, 6.45) is -1.13. The molecule has 1 atom stereocenters. The van der Waals surface area contributed by atoms with Crippen LogP contribution in [0.1, 0.15) is 29.5 Å². The first-order valence-electron chi connectivity index (χ1n) is 9.42. The van der Waals surface area contributed by atoms with Crippen molar-refractivity contribution in [3.05, 3.63) is 58.9 Å². The number of halogens is 4. The predicted octanol–water partition coefficient (Wildman–Crippen LogP) is 4.55. The first kappa shape index (κ1) is 21.1. The van der Waals surface area contributed by atoms with Crippen molar-refractivity contribution in [2.75, 3.05) is 31.2 Å². The predicted molar refractivity (Wildman–Crippen MR) is 108 cm³/mol. The number of piperidine rings is 1. The molecule has 156 valence electrons. The Labute approximate surface area is 167 Å². The molecule has 1 fully saturated rings. The summed E-state index contributed by atoms with van der Waals surface area (Å²) in [7, 11) is 1.68. The Morgan fingerprint density at radius 1 is 1.24 bits per heavy atom. The molecule has 2 aromatic rings. The zero-order valence-corrected chi connectivity index (χ0v) is 16.1. The summed E-state index contributed by atoms with van der Waals surface area (Å²) >= 11 is 0. The lowest BCUT2D eigenvalue weighted by Crippen LogP contribution is -2.41. The van der Waals surface area contributed by atoms with Gasteiger partial charge in [-0.25, -0.2) is 4.39 Å². The van der Waals surface area contributed by atoms with Gasteiger partial charge in [0.25, 0.3) is 0 Å². The fourth-order valence-corrected chi connectivity index (χ4v) is 3.61. The van der Waals surface area contributed by atoms with Gasteiger partial charge < -0.3 is 11.1 Å². The Bertz CT molecular complexity index is 879. The van der Waals surface area contributed by atoms with Gasteiger partial charge in [0, 0.05) is 49.3 Å². The lowest BCUT2D eigenvalue weighted by atomic mass is 10.0. The second-order valence-corrected chi connectivity index (χ2v) is 7.26. The van der Waals surface area contributed by atoms with Crippen LogP contribution < -0.4 is 11.1 Å². The van der Waals surface area contributed by atoms with Crippen molar-refractivity contribution in [3.63, 3.8) is 0 Å². The third-order valence-electron chi connectivity index (χ3n) is 4.97. The highest BCUT2D eigenvalue weighted by atomic mass is 19.4. The smallest absolute Gasteiger partial charge is 0.398 e. The second kappa shape index (κ2) is 8.82. The van der Waals surface area contributed by atoms with Crippen molar-refractivity contribution in [1.29, 1.82) is 0 Å². The standard InChI is InChI=1S/C21H24F4N4/c1-27-11-15-10-16(5-7-20(15)26)28-17-3-2-8-29(13-17)12-14-4-6-19(22)18(9-14)21(23,24)25/h4-7,9-11,17,28H,2-3,8,12-13,26H2,1H3. The van der Waals surface area contributed by atoms with Crippen molar-refractivity contribution in [2.45, 2.75) is 31.6 Å². The molecule has 0 spiro atoms. The van der Waals surface area contributed by atoms with E-state index in [9.17, 15) is 17.6 Å². The molecule has 0 radical (unpaired) electrons. The molecule has 4 nitrogen and oxygen atoms in total. The molecule has 1 aliphatic heterocycles. The minimum atomic E-state index is -4.69. The third kappa shape index (κ3) is 5.47. The van der Waals surface area contributed by atoms with Gasteiger partial charge in [-0.3, -0.25) is 9.89 Å². The van der Waals surface area contributed by atoms with E-state index in [1.165, 1.54) is 6.07 Å². The molecule has 29 heavy (non-hydrogen) atoms. The molecule has 1 aliphatic rings. The number of rotatable bonds is 5. The number of nitrogens with zero attached hydrogens (tertiary/aromatic N) is 2. The number of hydrogen-bond donors (Lipinski definition) is 2. The maximum Gasteiger partial charge on any atom is 0.419 e. The van der Waals surface area contributed by atoms with Crippen molar-refractivity contribution in [3.8, 4) is 0 Å². The van der Waals surface area contributed by atoms with E-state index < -0.39 is 17.6 Å². The van der Waals surface area contributed by atoms with E-state index in [0.29, 0.717) is 24.3 Å². The Morgan fingerprint density at radius 3 is 2.76 bits per heavy atom. The van der Waals surface area contributed by atoms with Crippen LogP contribution in [0.15, 0.2) is 41.4 Å². The van der Waals surface area contributed by atoms with Gasteiger partial charge in [-0.05, 0) is 55.3 Å². The number of nitrogen functional groups attached to an aromatic ring is 1. The molecule has 0 bridgehead atoms. The maximum absolute atomic E-state index is 13.5. The molecule has 0 aliphatic carbocycles. The van der Waals surface area contributed by atoms with Gasteiger partial charge in [0.2, 0.25) is 0 Å². The number of likely N-dealkylation sites (tertiary alicyclic amines) is 1. The monoisotopic (exact) mass is 408 g/mol. The lowest BCUT2D eigenvalue weighted by Gasteiger charge is -2.34. The number of nitrogens with one attached hydrogen (secondary N) is 1. The normalized spacial score (nSPS) is 18.3. The molecule has 1 heterocycles. The number of aliphatic imine (C=N–C) groups is 1. The van der Waals surface area contributed by atoms with E-state index in [0.717, 1.165) is 42.8 Å². The number of nitrogens with two attached hydrogens (primary N) is 1. The molecule has 0 aromatic heterocycles. The minimum Gasteiger partial charge on any atom is -0.398 e. The fourth-order valence-electron chi connectivity index (χ4n) is 3.61. The van der Waals surface area contributed by atoms with Crippen LogP contribution in [0.5, 0.6) is 0 Å². The summed E-state index contributed by atoms with van der Waals surface area (Å²) < 4.78 is 52.3. The van der Waals surface area contributed by atoms with E-state index in [2.05, 4.69) is 15.2 Å². The first-order chi connectivity index (χ1) is 13.8. The lowest BCUT2D eigenvalue weighted by molar-refractivity contribution is -0.140. The van der Waals surface area contributed by atoms with Crippen molar-refractivity contribution in [1.82, 2.24) is 4.90 Å². The van der Waals surface area contributed by atoms with Gasteiger partial charge in [0.15, 0.2) is 0 Å². The molecule has 3 rings (SSSR count). The van der Waals surface area contributed by atoms with E-state index in [4.69, 9.17) is 5.73 Å². The topological polar surface area (TPSA) is 53.7 Å². The van der Waals surface area contributed by atoms with E-state index >= 15 is 0 Å². The second-order valence-electron chi connectivity index (χ2n) is 7.26. The summed E-state index contributed by atoms with van der Waals surface area (Å²) in [6.45, 7) is 1.81. The van der Waals surface area contributed by atoms with Gasteiger partial charge >= 0.3 is 6.18 Å². The van der Waals surface area contributed by atoms with Gasteiger partial charge in [-0.1, -0.05) is 6.07 Å². The van der Waals surface area contributed by atoms with Crippen LogP contribution in [0.25, 0.3) is 0 Å². The molecular weight excluding hydrogens is 384 g/mol. The summed E-state index contributed by atoms with van der Waals surface area (Å²) in [5.41, 5.74) is 7.56. The van der Waals surface area contributed by atoms with Gasteiger partial charge in [0.05, 0.1) is 5.56 Å². The summed E-state index contributed by atoms with van der Waals surface area (Å²) in [6, 6.07) is 9.01. The number of benzene rings is 2. The van der Waals surface area contributed by atoms with Gasteiger partial charge in [-0.2, -0.15) is 13.2 Å². The highest BCUT2D eigenvalue weighted by Gasteiger charge is 2.34. The van der Waals surface area contributed by atoms with Crippen LogP contribution in [-0.2, 0) is 12.7 Å². The maximum atomic E-state index is 13.5. The van der Waals surface area contributed by atoms with Crippen molar-refractivity contribution in [2.24, 2.45) is 4.99 Å². The Balaban J connectivity index is 1.66. The molecule has 8 heteroatoms. The Hall–Kier alpha value is -2.61. The summed E-state index contributed by atoms with van der Waals surface area (Å²) in [5.74, 6) is -1.24. The molecule has 2 aromatic carbocycles. The largest absolute Gasteiger partial charge is 0.419 e. The van der Waals surface area contributed by atoms with Gasteiger partial charge in [0.1, 0.15) is 5.82 Å². The summed E-state index contributed by atoms with van der Waals surface area (Å²) in [5, 5.41) is 3.47. The minimum absolute atomic E-state index is 0.154. The van der Waals surface area contributed by atoms with Crippen LogP contribution in [0.3, 0.4) is 0 Å². The van der Waals surface area contributed by atoms with Crippen molar-refractivity contribution < 1.29 is 17.6 Å². The van der Waals surface area contributed by atoms with Crippen LogP contribution in [0, 0.1) is 5.82 Å². The van der Waals surface area contributed by atoms with E-state index in [-0.39, 0.29) is 6.04 Å². The highest BCUT2D eigenvalue weighted by molar-refractivity contribution is 5.88. The van der Waals surface area contributed by atoms with Crippen LogP contribution >= 0.6 is 0 Å². The van der Waals surface area contributed by atoms with Crippen LogP contribution in [0.2, 0.25) is 0 Å². The molecule has 1 saturated heterocycles. The molecule has 1 unspecified atom stereocenters. The van der Waals surface area contributed by atoms with E-state index in [1.54, 1.807) is 13.3 Å². The zero-order chi connectivity index (χ0) is 21.0. The molecule has 0 saturated carbocycles. The molecular formula is C21H24F4N4. The average molecular weight is 408 g/mol. The average Bonchev–Trinajstić information content (AvgIpc) is 2.66. The van der Waals surface area contributed by atoms with E-state index in [1.807, 2.05) is 18.2 Å². The quantitative estimate of drug-likeness (QED) is 0.434. The fraction of sp³-hybridized carbons (Fsp3) is 0.381. The number of alkyl halides is 3. The Kier molecular flexibility index (Phi) is 6.42. The number of anilines is 2. The highest BCUT2D eigenvalue weighted by Crippen LogP contribution is 2.32. The zero-order valence-electron chi connectivity index (χ0n) is 16.1. The van der Waals surface area contributed by atoms with Gasteiger partial charge in [-0.15, -0.1) is 0 Å². The van der Waals surface area contributed by atoms with Crippen molar-refractivity contribution >= 4 is 17.6 Å². The molecule has 3 N–H and O–H groups in total. The summed E-state index contributed by atoms with van der Waals surface area (Å²) in [4.78, 5) is 6.08. The Morgan fingerprint density at radius 2 is 2.03 bits per heavy atom. The molecule has 0 amide bonds. The first-order valence-corrected chi connectivity index (χ1v) is 9.42. The van der Waals surface area contributed by atoms with Crippen LogP contribution in [0.4, 0.5) is 28.9 Å². The third-order valence-corrected chi connectivity index (χ3v) is 4.97. The SMILES string of the molecule is CN=Cc1cc(NC2CCCN(Cc3ccc(F)c(C(F)(F)F)c3)C2)ccc1N. The van der Waals surface area contributed by atoms with Crippen LogP contribution in [-0.4, -0.2) is 37.3 Å². The number of hydrogen-bond acceptors (Lipinski definition) is 4.